The molecule has 1 rings (SSSR count). The van der Waals surface area contributed by atoms with E-state index in [0.29, 0.717) is 18.9 Å². The summed E-state index contributed by atoms with van der Waals surface area (Å²) >= 11 is 0. The smallest absolute Gasteiger partial charge is 0.306 e. The van der Waals surface area contributed by atoms with Crippen molar-refractivity contribution < 1.29 is 9.90 Å². The van der Waals surface area contributed by atoms with Crippen molar-refractivity contribution in [3.63, 3.8) is 0 Å². The molecule has 1 heterocycles. The molecule has 20 heavy (non-hydrogen) atoms. The number of carbonyl (C=O) groups is 1. The summed E-state index contributed by atoms with van der Waals surface area (Å²) in [5, 5.41) is 20.6. The maximum Gasteiger partial charge on any atom is 0.306 e. The zero-order valence-electron chi connectivity index (χ0n) is 13.1. The molecule has 1 aromatic rings. The van der Waals surface area contributed by atoms with Crippen LogP contribution in [0.2, 0.25) is 0 Å². The minimum Gasteiger partial charge on any atom is -0.481 e. The SMILES string of the molecule is CC(Cc1nnnn1CCC(C)C(=O)O)CC(C)(C)C. The second-order valence-corrected chi connectivity index (χ2v) is 6.92. The largest absolute Gasteiger partial charge is 0.481 e. The Morgan fingerprint density at radius 1 is 1.35 bits per heavy atom. The minimum absolute atomic E-state index is 0.287. The van der Waals surface area contributed by atoms with Gasteiger partial charge in [0.05, 0.1) is 5.92 Å². The molecule has 2 unspecified atom stereocenters. The van der Waals surface area contributed by atoms with Crippen LogP contribution in [0.5, 0.6) is 0 Å². The van der Waals surface area contributed by atoms with Crippen molar-refractivity contribution in [2.24, 2.45) is 17.3 Å². The van der Waals surface area contributed by atoms with Crippen LogP contribution in [0.25, 0.3) is 0 Å². The van der Waals surface area contributed by atoms with E-state index in [2.05, 4.69) is 43.2 Å². The molecule has 1 N–H and O–H groups in total. The third kappa shape index (κ3) is 5.67. The third-order valence-corrected chi connectivity index (χ3v) is 3.29. The molecule has 0 saturated carbocycles. The standard InChI is InChI=1S/C14H26N4O2/c1-10(9-14(3,4)5)8-12-15-16-17-18(12)7-6-11(2)13(19)20/h10-11H,6-9H2,1-5H3,(H,19,20). The summed E-state index contributed by atoms with van der Waals surface area (Å²) in [6.45, 7) is 11.1. The summed E-state index contributed by atoms with van der Waals surface area (Å²) in [4.78, 5) is 10.8. The van der Waals surface area contributed by atoms with Gasteiger partial charge < -0.3 is 5.11 Å². The third-order valence-electron chi connectivity index (χ3n) is 3.29. The minimum atomic E-state index is -0.777. The number of aryl methyl sites for hydroxylation is 1. The Balaban J connectivity index is 2.56. The maximum absolute atomic E-state index is 10.8. The number of nitrogens with zero attached hydrogens (tertiary/aromatic N) is 4. The normalized spacial score (nSPS) is 15.1. The predicted octanol–water partition coefficient (Wildman–Crippen LogP) is 2.40. The summed E-state index contributed by atoms with van der Waals surface area (Å²) in [5.74, 6) is 0.191. The lowest BCUT2D eigenvalue weighted by atomic mass is 9.84. The number of aliphatic carboxylic acids is 1. The highest BCUT2D eigenvalue weighted by atomic mass is 16.4. The molecule has 0 aliphatic rings. The molecular weight excluding hydrogens is 256 g/mol. The fourth-order valence-electron chi connectivity index (χ4n) is 2.41. The van der Waals surface area contributed by atoms with Crippen molar-refractivity contribution >= 4 is 5.97 Å². The second kappa shape index (κ2) is 6.81. The summed E-state index contributed by atoms with van der Waals surface area (Å²) < 4.78 is 1.73. The lowest BCUT2D eigenvalue weighted by molar-refractivity contribution is -0.141. The number of carboxylic acid groups (broad SMARTS) is 1. The number of tetrazole rings is 1. The molecule has 0 fully saturated rings. The molecule has 0 saturated heterocycles. The van der Waals surface area contributed by atoms with Crippen LogP contribution in [0, 0.1) is 17.3 Å². The van der Waals surface area contributed by atoms with E-state index >= 15 is 0 Å². The van der Waals surface area contributed by atoms with Crippen molar-refractivity contribution in [2.45, 2.75) is 60.4 Å². The first-order chi connectivity index (χ1) is 9.19. The van der Waals surface area contributed by atoms with Crippen LogP contribution >= 0.6 is 0 Å². The van der Waals surface area contributed by atoms with Gasteiger partial charge in [-0.15, -0.1) is 5.10 Å². The predicted molar refractivity (Wildman–Crippen MR) is 76.2 cm³/mol. The Morgan fingerprint density at radius 3 is 2.55 bits per heavy atom. The Morgan fingerprint density at radius 2 is 2.00 bits per heavy atom. The van der Waals surface area contributed by atoms with Crippen LogP contribution in [0.3, 0.4) is 0 Å². The van der Waals surface area contributed by atoms with Gasteiger partial charge in [0.15, 0.2) is 5.82 Å². The van der Waals surface area contributed by atoms with Crippen LogP contribution in [0.4, 0.5) is 0 Å². The Labute approximate surface area is 120 Å². The van der Waals surface area contributed by atoms with E-state index in [0.717, 1.165) is 18.7 Å². The highest BCUT2D eigenvalue weighted by molar-refractivity contribution is 5.69. The van der Waals surface area contributed by atoms with Crippen molar-refractivity contribution in [3.05, 3.63) is 5.82 Å². The summed E-state index contributed by atoms with van der Waals surface area (Å²) in [6.07, 6.45) is 2.47. The van der Waals surface area contributed by atoms with Gasteiger partial charge in [0, 0.05) is 13.0 Å². The number of aromatic nitrogens is 4. The van der Waals surface area contributed by atoms with Gasteiger partial charge in [-0.25, -0.2) is 4.68 Å². The van der Waals surface area contributed by atoms with Gasteiger partial charge in [-0.05, 0) is 34.6 Å². The van der Waals surface area contributed by atoms with Crippen molar-refractivity contribution in [2.75, 3.05) is 0 Å². The topological polar surface area (TPSA) is 80.9 Å². The van der Waals surface area contributed by atoms with Gasteiger partial charge >= 0.3 is 5.97 Å². The van der Waals surface area contributed by atoms with E-state index in [9.17, 15) is 4.79 Å². The lowest BCUT2D eigenvalue weighted by Crippen LogP contribution is -2.17. The van der Waals surface area contributed by atoms with Crippen LogP contribution in [-0.4, -0.2) is 31.3 Å². The van der Waals surface area contributed by atoms with Crippen LogP contribution in [0.15, 0.2) is 0 Å². The number of rotatable bonds is 7. The fraction of sp³-hybridized carbons (Fsp3) is 0.857. The lowest BCUT2D eigenvalue weighted by Gasteiger charge is -2.22. The summed E-state index contributed by atoms with van der Waals surface area (Å²) in [7, 11) is 0. The van der Waals surface area contributed by atoms with Crippen LogP contribution in [0.1, 0.15) is 53.3 Å². The first-order valence-corrected chi connectivity index (χ1v) is 7.17. The average molecular weight is 282 g/mol. The summed E-state index contributed by atoms with van der Waals surface area (Å²) in [5.41, 5.74) is 0.287. The van der Waals surface area contributed by atoms with Gasteiger partial charge in [-0.3, -0.25) is 4.79 Å². The van der Waals surface area contributed by atoms with Crippen LogP contribution < -0.4 is 0 Å². The zero-order chi connectivity index (χ0) is 15.3. The first-order valence-electron chi connectivity index (χ1n) is 7.17. The van der Waals surface area contributed by atoms with E-state index in [-0.39, 0.29) is 11.3 Å². The van der Waals surface area contributed by atoms with Gasteiger partial charge in [0.2, 0.25) is 0 Å². The van der Waals surface area contributed by atoms with Gasteiger partial charge in [-0.2, -0.15) is 0 Å². The Hall–Kier alpha value is -1.46. The van der Waals surface area contributed by atoms with E-state index < -0.39 is 5.97 Å². The van der Waals surface area contributed by atoms with Crippen molar-refractivity contribution in [1.29, 1.82) is 0 Å². The molecule has 0 aliphatic heterocycles. The highest BCUT2D eigenvalue weighted by Gasteiger charge is 2.19. The van der Waals surface area contributed by atoms with E-state index in [1.165, 1.54) is 0 Å². The van der Waals surface area contributed by atoms with E-state index in [1.807, 2.05) is 0 Å². The Bertz CT molecular complexity index is 437. The van der Waals surface area contributed by atoms with E-state index in [1.54, 1.807) is 11.6 Å². The quantitative estimate of drug-likeness (QED) is 0.830. The van der Waals surface area contributed by atoms with Crippen molar-refractivity contribution in [3.8, 4) is 0 Å². The molecule has 0 spiro atoms. The van der Waals surface area contributed by atoms with Crippen molar-refractivity contribution in [1.82, 2.24) is 20.2 Å². The molecule has 0 amide bonds. The molecule has 0 radical (unpaired) electrons. The fourth-order valence-corrected chi connectivity index (χ4v) is 2.41. The molecule has 0 aliphatic carbocycles. The van der Waals surface area contributed by atoms with Gasteiger partial charge in [-0.1, -0.05) is 34.6 Å². The molecule has 1 aromatic heterocycles. The molecule has 0 aromatic carbocycles. The van der Waals surface area contributed by atoms with Gasteiger partial charge in [0.1, 0.15) is 0 Å². The maximum atomic E-state index is 10.8. The highest BCUT2D eigenvalue weighted by Crippen LogP contribution is 2.25. The van der Waals surface area contributed by atoms with Crippen LogP contribution in [-0.2, 0) is 17.8 Å². The molecule has 6 heteroatoms. The zero-order valence-corrected chi connectivity index (χ0v) is 13.1. The van der Waals surface area contributed by atoms with E-state index in [4.69, 9.17) is 5.11 Å². The number of hydrogen-bond donors (Lipinski definition) is 1. The molecule has 0 bridgehead atoms. The molecule has 114 valence electrons. The monoisotopic (exact) mass is 282 g/mol. The van der Waals surface area contributed by atoms with Gasteiger partial charge in [0.25, 0.3) is 0 Å². The molecular formula is C14H26N4O2. The first kappa shape index (κ1) is 16.6. The number of hydrogen-bond acceptors (Lipinski definition) is 4. The molecule has 6 nitrogen and oxygen atoms in total. The number of carboxylic acids is 1. The molecule has 2 atom stereocenters. The average Bonchev–Trinajstić information content (AvgIpc) is 2.70. The second-order valence-electron chi connectivity index (χ2n) is 6.92. The summed E-state index contributed by atoms with van der Waals surface area (Å²) in [6, 6.07) is 0. The Kier molecular flexibility index (Phi) is 5.65.